The molecule has 5 heteroatoms. The van der Waals surface area contributed by atoms with Crippen LogP contribution >= 0.6 is 11.6 Å². The third-order valence-electron chi connectivity index (χ3n) is 2.61. The first-order valence-corrected chi connectivity index (χ1v) is 7.02. The number of hydrogen-bond acceptors (Lipinski definition) is 3. The second-order valence-electron chi connectivity index (χ2n) is 5.77. The lowest BCUT2D eigenvalue weighted by Gasteiger charge is -2.21. The smallest absolute Gasteiger partial charge is 0.256 e. The standard InChI is InChI=1S/C16H18ClN3O/c1-16(2,3)20-13-7-8-14(18-10-13)19-15(21)11-5-4-6-12(17)9-11/h4-10,20H,1-3H3,(H,18,19,21). The van der Waals surface area contributed by atoms with Crippen LogP contribution in [0.5, 0.6) is 0 Å². The van der Waals surface area contributed by atoms with Crippen molar-refractivity contribution in [3.8, 4) is 0 Å². The summed E-state index contributed by atoms with van der Waals surface area (Å²) in [6.45, 7) is 6.21. The number of aromatic nitrogens is 1. The lowest BCUT2D eigenvalue weighted by Crippen LogP contribution is -2.26. The number of rotatable bonds is 3. The van der Waals surface area contributed by atoms with Gasteiger partial charge in [0.05, 0.1) is 11.9 Å². The summed E-state index contributed by atoms with van der Waals surface area (Å²) in [4.78, 5) is 16.3. The van der Waals surface area contributed by atoms with Crippen LogP contribution in [0.3, 0.4) is 0 Å². The zero-order valence-corrected chi connectivity index (χ0v) is 13.0. The molecule has 4 nitrogen and oxygen atoms in total. The van der Waals surface area contributed by atoms with E-state index in [9.17, 15) is 4.79 Å². The van der Waals surface area contributed by atoms with Gasteiger partial charge in [-0.3, -0.25) is 4.79 Å². The van der Waals surface area contributed by atoms with Gasteiger partial charge in [-0.05, 0) is 51.1 Å². The summed E-state index contributed by atoms with van der Waals surface area (Å²) >= 11 is 5.87. The van der Waals surface area contributed by atoms with E-state index in [-0.39, 0.29) is 11.4 Å². The molecule has 0 spiro atoms. The molecule has 0 atom stereocenters. The van der Waals surface area contributed by atoms with Crippen LogP contribution in [0.25, 0.3) is 0 Å². The zero-order valence-electron chi connectivity index (χ0n) is 12.3. The maximum atomic E-state index is 12.1. The quantitative estimate of drug-likeness (QED) is 0.893. The first-order valence-electron chi connectivity index (χ1n) is 6.65. The monoisotopic (exact) mass is 303 g/mol. The minimum absolute atomic E-state index is 0.0345. The third-order valence-corrected chi connectivity index (χ3v) is 2.85. The van der Waals surface area contributed by atoms with Crippen molar-refractivity contribution in [2.24, 2.45) is 0 Å². The molecule has 21 heavy (non-hydrogen) atoms. The molecule has 0 aliphatic carbocycles. The maximum Gasteiger partial charge on any atom is 0.256 e. The SMILES string of the molecule is CC(C)(C)Nc1ccc(NC(=O)c2cccc(Cl)c2)nc1. The Morgan fingerprint density at radius 2 is 1.95 bits per heavy atom. The molecule has 0 unspecified atom stereocenters. The van der Waals surface area contributed by atoms with Crippen molar-refractivity contribution < 1.29 is 4.79 Å². The van der Waals surface area contributed by atoms with E-state index >= 15 is 0 Å². The van der Waals surface area contributed by atoms with E-state index in [1.807, 2.05) is 6.07 Å². The topological polar surface area (TPSA) is 54.0 Å². The van der Waals surface area contributed by atoms with E-state index in [4.69, 9.17) is 11.6 Å². The van der Waals surface area contributed by atoms with Crippen molar-refractivity contribution in [3.63, 3.8) is 0 Å². The molecule has 1 aromatic heterocycles. The average Bonchev–Trinajstić information content (AvgIpc) is 2.39. The Labute approximate surface area is 129 Å². The van der Waals surface area contributed by atoms with Crippen molar-refractivity contribution in [2.45, 2.75) is 26.3 Å². The Morgan fingerprint density at radius 1 is 1.19 bits per heavy atom. The van der Waals surface area contributed by atoms with E-state index in [0.29, 0.717) is 16.4 Å². The number of pyridine rings is 1. The van der Waals surface area contributed by atoms with Gasteiger partial charge in [-0.1, -0.05) is 17.7 Å². The van der Waals surface area contributed by atoms with Gasteiger partial charge >= 0.3 is 0 Å². The molecule has 0 saturated carbocycles. The summed E-state index contributed by atoms with van der Waals surface area (Å²) in [6.07, 6.45) is 1.69. The predicted octanol–water partition coefficient (Wildman–Crippen LogP) is 4.20. The molecule has 0 saturated heterocycles. The fraction of sp³-hybridized carbons (Fsp3) is 0.250. The molecule has 110 valence electrons. The molecule has 2 aromatic rings. The molecule has 2 rings (SSSR count). The highest BCUT2D eigenvalue weighted by atomic mass is 35.5. The summed E-state index contributed by atoms with van der Waals surface area (Å²) in [5.74, 6) is 0.265. The maximum absolute atomic E-state index is 12.1. The summed E-state index contributed by atoms with van der Waals surface area (Å²) < 4.78 is 0. The van der Waals surface area contributed by atoms with E-state index in [1.54, 1.807) is 36.5 Å². The Morgan fingerprint density at radius 3 is 2.52 bits per heavy atom. The van der Waals surface area contributed by atoms with Crippen molar-refractivity contribution in [1.29, 1.82) is 0 Å². The molecule has 0 aliphatic rings. The Hall–Kier alpha value is -2.07. The predicted molar refractivity (Wildman–Crippen MR) is 87.0 cm³/mol. The van der Waals surface area contributed by atoms with Crippen LogP contribution in [-0.2, 0) is 0 Å². The number of carbonyl (C=O) groups excluding carboxylic acids is 1. The second-order valence-corrected chi connectivity index (χ2v) is 6.21. The largest absolute Gasteiger partial charge is 0.379 e. The van der Waals surface area contributed by atoms with Crippen molar-refractivity contribution in [1.82, 2.24) is 4.98 Å². The molecule has 1 aromatic carbocycles. The normalized spacial score (nSPS) is 11.0. The van der Waals surface area contributed by atoms with E-state index in [2.05, 4.69) is 36.4 Å². The highest BCUT2D eigenvalue weighted by Gasteiger charge is 2.10. The fourth-order valence-corrected chi connectivity index (χ4v) is 1.98. The molecule has 0 bridgehead atoms. The highest BCUT2D eigenvalue weighted by molar-refractivity contribution is 6.31. The van der Waals surface area contributed by atoms with Crippen LogP contribution in [0.4, 0.5) is 11.5 Å². The molecular formula is C16H18ClN3O. The average molecular weight is 304 g/mol. The van der Waals surface area contributed by atoms with Crippen molar-refractivity contribution in [2.75, 3.05) is 10.6 Å². The van der Waals surface area contributed by atoms with Gasteiger partial charge in [0.2, 0.25) is 0 Å². The number of amides is 1. The van der Waals surface area contributed by atoms with Crippen LogP contribution in [0, 0.1) is 0 Å². The van der Waals surface area contributed by atoms with Gasteiger partial charge in [-0.25, -0.2) is 4.98 Å². The van der Waals surface area contributed by atoms with Gasteiger partial charge < -0.3 is 10.6 Å². The third kappa shape index (κ3) is 4.76. The number of benzene rings is 1. The molecule has 0 aliphatic heterocycles. The van der Waals surface area contributed by atoms with Crippen LogP contribution in [0.1, 0.15) is 31.1 Å². The Kier molecular flexibility index (Phi) is 4.48. The van der Waals surface area contributed by atoms with E-state index in [1.165, 1.54) is 0 Å². The summed E-state index contributed by atoms with van der Waals surface area (Å²) in [5.41, 5.74) is 1.37. The molecule has 1 amide bonds. The number of nitrogens with one attached hydrogen (secondary N) is 2. The first-order chi connectivity index (χ1) is 9.83. The zero-order chi connectivity index (χ0) is 15.5. The Bertz CT molecular complexity index is 633. The molecule has 2 N–H and O–H groups in total. The molecule has 0 radical (unpaired) electrons. The van der Waals surface area contributed by atoms with Crippen LogP contribution in [0.15, 0.2) is 42.6 Å². The van der Waals surface area contributed by atoms with Crippen LogP contribution in [-0.4, -0.2) is 16.4 Å². The minimum Gasteiger partial charge on any atom is -0.379 e. The van der Waals surface area contributed by atoms with Gasteiger partial charge in [0.15, 0.2) is 0 Å². The van der Waals surface area contributed by atoms with Gasteiger partial charge in [-0.2, -0.15) is 0 Å². The minimum atomic E-state index is -0.235. The summed E-state index contributed by atoms with van der Waals surface area (Å²) in [5, 5.41) is 6.58. The van der Waals surface area contributed by atoms with Gasteiger partial charge in [0.25, 0.3) is 5.91 Å². The summed E-state index contributed by atoms with van der Waals surface area (Å²) in [7, 11) is 0. The number of hydrogen-bond donors (Lipinski definition) is 2. The number of carbonyl (C=O) groups is 1. The number of anilines is 2. The Balaban J connectivity index is 2.05. The number of nitrogens with zero attached hydrogens (tertiary/aromatic N) is 1. The van der Waals surface area contributed by atoms with Gasteiger partial charge in [0, 0.05) is 16.1 Å². The molecule has 1 heterocycles. The molecule has 0 fully saturated rings. The van der Waals surface area contributed by atoms with E-state index < -0.39 is 0 Å². The lowest BCUT2D eigenvalue weighted by atomic mass is 10.1. The number of halogens is 1. The van der Waals surface area contributed by atoms with Crippen LogP contribution < -0.4 is 10.6 Å². The lowest BCUT2D eigenvalue weighted by molar-refractivity contribution is 0.102. The van der Waals surface area contributed by atoms with Gasteiger partial charge in [0.1, 0.15) is 5.82 Å². The van der Waals surface area contributed by atoms with Crippen LogP contribution in [0.2, 0.25) is 5.02 Å². The van der Waals surface area contributed by atoms with Gasteiger partial charge in [-0.15, -0.1) is 0 Å². The van der Waals surface area contributed by atoms with Crippen molar-refractivity contribution >= 4 is 29.0 Å². The first kappa shape index (κ1) is 15.3. The van der Waals surface area contributed by atoms with E-state index in [0.717, 1.165) is 5.69 Å². The highest BCUT2D eigenvalue weighted by Crippen LogP contribution is 2.16. The second kappa shape index (κ2) is 6.14. The molecular weight excluding hydrogens is 286 g/mol. The fourth-order valence-electron chi connectivity index (χ4n) is 1.79. The van der Waals surface area contributed by atoms with Crippen molar-refractivity contribution in [3.05, 3.63) is 53.2 Å². The summed E-state index contributed by atoms with van der Waals surface area (Å²) in [6, 6.07) is 10.4.